The third-order valence-corrected chi connectivity index (χ3v) is 0. The Kier molecular flexibility index (Phi) is 16.2. The molecule has 0 bridgehead atoms. The van der Waals surface area contributed by atoms with Gasteiger partial charge in [0.2, 0.25) is 0 Å². The van der Waals surface area contributed by atoms with Crippen molar-refractivity contribution >= 4 is 40.8 Å². The molecular weight excluding hydrogens is 208 g/mol. The molecule has 0 saturated heterocycles. The molecule has 0 aromatic carbocycles. The number of halogens is 3. The van der Waals surface area contributed by atoms with Crippen molar-refractivity contribution < 1.29 is 46.2 Å². The summed E-state index contributed by atoms with van der Waals surface area (Å²) in [5.41, 5.74) is 0. The van der Waals surface area contributed by atoms with Gasteiger partial charge in [-0.2, -0.15) is 0 Å². The van der Waals surface area contributed by atoms with E-state index in [4.69, 9.17) is 30.3 Å². The van der Waals surface area contributed by atoms with Crippen molar-refractivity contribution in [2.24, 2.45) is 0 Å². The van der Waals surface area contributed by atoms with Crippen LogP contribution in [0.5, 0.6) is 0 Å². The summed E-state index contributed by atoms with van der Waals surface area (Å²) in [6.45, 7) is 0. The van der Waals surface area contributed by atoms with Crippen LogP contribution in [-0.4, -0.2) is 0 Å². The van der Waals surface area contributed by atoms with Crippen LogP contribution in [0, 0.1) is 0 Å². The molecule has 0 N–H and O–H groups in total. The summed E-state index contributed by atoms with van der Waals surface area (Å²) < 4.78 is 0. The first-order valence-corrected chi connectivity index (χ1v) is 6.74. The van der Waals surface area contributed by atoms with Crippen molar-refractivity contribution in [3.8, 4) is 0 Å². The van der Waals surface area contributed by atoms with E-state index in [1.807, 2.05) is 0 Å². The summed E-state index contributed by atoms with van der Waals surface area (Å²) >= 11 is 0. The van der Waals surface area contributed by atoms with Crippen LogP contribution in [0.1, 0.15) is 0 Å². The summed E-state index contributed by atoms with van der Waals surface area (Å²) in [4.78, 5) is 0. The fourth-order valence-corrected chi connectivity index (χ4v) is 0. The van der Waals surface area contributed by atoms with Crippen molar-refractivity contribution in [3.63, 3.8) is 0 Å². The average molecular weight is 208 g/mol. The molecule has 0 nitrogen and oxygen atoms in total. The predicted molar refractivity (Wildman–Crippen MR) is 25.1 cm³/mol. The second-order valence-corrected chi connectivity index (χ2v) is 11.7. The predicted octanol–water partition coefficient (Wildman–Crippen LogP) is -3.28. The van der Waals surface area contributed by atoms with Crippen LogP contribution < -0.4 is 37.7 Å². The summed E-state index contributed by atoms with van der Waals surface area (Å²) in [5, 5.41) is 0. The molecule has 0 heterocycles. The Bertz CT molecular complexity index is 59.1. The fraction of sp³-hybridized carbons (Fsp3) is 0. The van der Waals surface area contributed by atoms with Gasteiger partial charge in [-0.05, 0) is 0 Å². The van der Waals surface area contributed by atoms with Gasteiger partial charge in [-0.25, -0.2) is 0 Å². The monoisotopic (exact) mass is 207 g/mol. The van der Waals surface area contributed by atoms with Gasteiger partial charge in [0, 0.05) is 0 Å². The summed E-state index contributed by atoms with van der Waals surface area (Å²) in [5.74, 6) is 0. The number of hydrogen-bond acceptors (Lipinski definition) is 1. The molecule has 0 unspecified atom stereocenters. The van der Waals surface area contributed by atoms with E-state index in [1.165, 1.54) is 0 Å². The zero-order valence-corrected chi connectivity index (χ0v) is 8.08. The van der Waals surface area contributed by atoms with Crippen LogP contribution in [0.3, 0.4) is 0 Å². The van der Waals surface area contributed by atoms with E-state index in [1.54, 1.807) is 0 Å². The molecule has 0 aliphatic rings. The van der Waals surface area contributed by atoms with Crippen molar-refractivity contribution in [2.45, 2.75) is 0 Å². The van der Waals surface area contributed by atoms with E-state index in [0.717, 1.165) is 0 Å². The van der Waals surface area contributed by atoms with E-state index < -0.39 is 8.48 Å². The second kappa shape index (κ2) is 6.92. The zero-order chi connectivity index (χ0) is 4.50. The van der Waals surface area contributed by atoms with E-state index in [0.29, 0.717) is 0 Å². The van der Waals surface area contributed by atoms with Gasteiger partial charge in [0.25, 0.3) is 0 Å². The molecule has 0 aliphatic carbocycles. The molecular formula is Cl3FeLi2S. The maximum atomic E-state index is 5.00. The zero-order valence-electron chi connectivity index (χ0n) is 3.90. The number of hydrogen-bond donors (Lipinski definition) is 0. The number of rotatable bonds is 0. The summed E-state index contributed by atoms with van der Waals surface area (Å²) in [6.07, 6.45) is 0. The Morgan fingerprint density at radius 3 is 1.00 bits per heavy atom. The van der Waals surface area contributed by atoms with Gasteiger partial charge in [0.05, 0.1) is 0 Å². The molecule has 0 fully saturated rings. The summed E-state index contributed by atoms with van der Waals surface area (Å²) in [7, 11) is 16.8. The van der Waals surface area contributed by atoms with Gasteiger partial charge < -0.3 is 0 Å². The first-order valence-electron chi connectivity index (χ1n) is 0.545. The van der Waals surface area contributed by atoms with Crippen molar-refractivity contribution in [2.75, 3.05) is 0 Å². The Morgan fingerprint density at radius 1 is 1.00 bits per heavy atom. The molecule has 7 heavy (non-hydrogen) atoms. The Morgan fingerprint density at radius 2 is 1.00 bits per heavy atom. The minimum absolute atomic E-state index is 0. The molecule has 0 aromatic rings. The Balaban J connectivity index is -0.0000000800. The molecule has 37 valence electrons. The maximum absolute atomic E-state index is 5.00. The van der Waals surface area contributed by atoms with E-state index in [9.17, 15) is 0 Å². The van der Waals surface area contributed by atoms with Crippen molar-refractivity contribution in [1.82, 2.24) is 0 Å². The Labute approximate surface area is 85.8 Å². The molecule has 0 radical (unpaired) electrons. The molecule has 0 spiro atoms. The van der Waals surface area contributed by atoms with Crippen LogP contribution in [-0.2, 0) is 8.48 Å². The van der Waals surface area contributed by atoms with Crippen LogP contribution in [0.2, 0.25) is 0 Å². The SMILES string of the molecule is [Li+].[Li+].[S]=[Fe-2]([Cl])([Cl])[Cl]. The standard InChI is InChI=1S/3ClH.Fe.2Li.S/h3*1H;;;;/q;;;3*+1;/p-3. The molecule has 7 heteroatoms. The van der Waals surface area contributed by atoms with Crippen LogP contribution in [0.4, 0.5) is 0 Å². The minimum atomic E-state index is -2.50. The van der Waals surface area contributed by atoms with E-state index in [2.05, 4.69) is 10.6 Å². The van der Waals surface area contributed by atoms with Crippen molar-refractivity contribution in [1.29, 1.82) is 0 Å². The Hall–Kier alpha value is 2.80. The van der Waals surface area contributed by atoms with Gasteiger partial charge in [-0.15, -0.1) is 0 Å². The first-order chi connectivity index (χ1) is 2.00. The first kappa shape index (κ1) is 16.4. The second-order valence-electron chi connectivity index (χ2n) is 0.315. The summed E-state index contributed by atoms with van der Waals surface area (Å²) in [6, 6.07) is 0. The molecule has 0 rings (SSSR count). The fourth-order valence-electron chi connectivity index (χ4n) is 0. The van der Waals surface area contributed by atoms with Gasteiger partial charge in [0.15, 0.2) is 0 Å². The molecule has 0 amide bonds. The van der Waals surface area contributed by atoms with Gasteiger partial charge in [-0.3, -0.25) is 0 Å². The van der Waals surface area contributed by atoms with Gasteiger partial charge >= 0.3 is 87.0 Å². The normalized spacial score (nSPS) is 10.7. The van der Waals surface area contributed by atoms with Crippen LogP contribution in [0.15, 0.2) is 0 Å². The van der Waals surface area contributed by atoms with E-state index >= 15 is 0 Å². The molecule has 0 atom stereocenters. The third kappa shape index (κ3) is 51.8. The quantitative estimate of drug-likeness (QED) is 0.376. The molecule has 0 aliphatic heterocycles. The average Bonchev–Trinajstić information content (AvgIpc) is 0.722. The third-order valence-electron chi connectivity index (χ3n) is 0. The molecule has 0 aromatic heterocycles. The van der Waals surface area contributed by atoms with Crippen molar-refractivity contribution in [3.05, 3.63) is 0 Å². The van der Waals surface area contributed by atoms with E-state index in [-0.39, 0.29) is 37.7 Å². The van der Waals surface area contributed by atoms with Crippen LogP contribution >= 0.6 is 40.8 Å². The van der Waals surface area contributed by atoms with Gasteiger partial charge in [-0.1, -0.05) is 0 Å². The van der Waals surface area contributed by atoms with Gasteiger partial charge in [0.1, 0.15) is 0 Å². The topological polar surface area (TPSA) is 0 Å². The van der Waals surface area contributed by atoms with Crippen LogP contribution in [0.25, 0.3) is 0 Å². The molecule has 0 saturated carbocycles.